The number of carbonyl (C=O) groups excluding carboxylic acids is 1. The van der Waals surface area contributed by atoms with Crippen molar-refractivity contribution in [1.82, 2.24) is 9.88 Å². The number of hydrogen-bond donors (Lipinski definition) is 0. The quantitative estimate of drug-likeness (QED) is 0.791. The first-order valence-corrected chi connectivity index (χ1v) is 8.90. The Morgan fingerprint density at radius 1 is 1.43 bits per heavy atom. The third-order valence-corrected chi connectivity index (χ3v) is 5.54. The van der Waals surface area contributed by atoms with Crippen molar-refractivity contribution in [2.45, 2.75) is 46.1 Å². The topological polar surface area (TPSA) is 33.2 Å². The number of hydrogen-bond acceptors (Lipinski definition) is 4. The summed E-state index contributed by atoms with van der Waals surface area (Å²) in [6.45, 7) is 6.14. The average molecular weight is 322 g/mol. The Morgan fingerprint density at radius 2 is 2.19 bits per heavy atom. The summed E-state index contributed by atoms with van der Waals surface area (Å²) < 4.78 is 0. The van der Waals surface area contributed by atoms with Crippen molar-refractivity contribution in [1.29, 1.82) is 0 Å². The highest BCUT2D eigenvalue weighted by Gasteiger charge is 2.21. The van der Waals surface area contributed by atoms with Crippen molar-refractivity contribution in [2.75, 3.05) is 7.05 Å². The van der Waals surface area contributed by atoms with Gasteiger partial charge in [-0.3, -0.25) is 4.79 Å². The molecule has 2 heterocycles. The van der Waals surface area contributed by atoms with Crippen LogP contribution in [-0.4, -0.2) is 22.8 Å². The largest absolute Gasteiger partial charge is 0.337 e. The summed E-state index contributed by atoms with van der Waals surface area (Å²) in [7, 11) is 1.88. The van der Waals surface area contributed by atoms with E-state index in [0.29, 0.717) is 6.42 Å². The maximum absolute atomic E-state index is 12.3. The maximum atomic E-state index is 12.3. The van der Waals surface area contributed by atoms with Crippen LogP contribution in [0.25, 0.3) is 0 Å². The molecule has 2 rings (SSSR count). The third kappa shape index (κ3) is 4.14. The number of carbonyl (C=O) groups is 1. The number of aryl methyl sites for hydroxylation is 3. The molecule has 21 heavy (non-hydrogen) atoms. The van der Waals surface area contributed by atoms with Crippen LogP contribution in [0.3, 0.4) is 0 Å². The van der Waals surface area contributed by atoms with Crippen molar-refractivity contribution in [3.8, 4) is 0 Å². The van der Waals surface area contributed by atoms with Gasteiger partial charge in [0.15, 0.2) is 0 Å². The Kier molecular flexibility index (Phi) is 5.53. The molecule has 2 aromatic rings. The van der Waals surface area contributed by atoms with Gasteiger partial charge in [0.2, 0.25) is 5.91 Å². The van der Waals surface area contributed by atoms with Gasteiger partial charge in [0.25, 0.3) is 0 Å². The predicted octanol–water partition coefficient (Wildman–Crippen LogP) is 4.36. The molecule has 3 nitrogen and oxygen atoms in total. The van der Waals surface area contributed by atoms with E-state index in [4.69, 9.17) is 0 Å². The molecule has 0 aromatic carbocycles. The lowest BCUT2D eigenvalue weighted by molar-refractivity contribution is -0.131. The fourth-order valence-corrected chi connectivity index (χ4v) is 4.04. The summed E-state index contributed by atoms with van der Waals surface area (Å²) in [5.41, 5.74) is 1.03. The molecule has 2 aromatic heterocycles. The molecule has 0 unspecified atom stereocenters. The smallest absolute Gasteiger partial charge is 0.222 e. The minimum Gasteiger partial charge on any atom is -0.337 e. The van der Waals surface area contributed by atoms with Crippen LogP contribution in [0.2, 0.25) is 0 Å². The Balaban J connectivity index is 1.88. The van der Waals surface area contributed by atoms with Crippen molar-refractivity contribution in [3.05, 3.63) is 38.0 Å². The Labute approximate surface area is 134 Å². The molecule has 0 fully saturated rings. The molecular formula is C16H22N2OS2. The minimum absolute atomic E-state index is 0.0455. The van der Waals surface area contributed by atoms with Crippen LogP contribution in [-0.2, 0) is 11.2 Å². The number of rotatable bonds is 6. The van der Waals surface area contributed by atoms with Crippen molar-refractivity contribution >= 4 is 28.6 Å². The van der Waals surface area contributed by atoms with E-state index < -0.39 is 0 Å². The number of aromatic nitrogens is 1. The number of nitrogens with zero attached hydrogens (tertiary/aromatic N) is 2. The molecule has 0 aliphatic heterocycles. The molecule has 0 radical (unpaired) electrons. The molecule has 0 aliphatic carbocycles. The molecule has 1 atom stereocenters. The second kappa shape index (κ2) is 7.18. The molecule has 0 bridgehead atoms. The van der Waals surface area contributed by atoms with Crippen LogP contribution in [0.15, 0.2) is 17.5 Å². The van der Waals surface area contributed by atoms with Gasteiger partial charge in [0.05, 0.1) is 16.7 Å². The fourth-order valence-electron chi connectivity index (χ4n) is 2.38. The summed E-state index contributed by atoms with van der Waals surface area (Å²) in [5, 5.41) is 3.14. The summed E-state index contributed by atoms with van der Waals surface area (Å²) in [6.07, 6.45) is 2.49. The molecule has 0 saturated heterocycles. The first kappa shape index (κ1) is 16.2. The standard InChI is InChI=1S/C16H22N2OS2/c1-11(16-12(2)21-13(3)17-16)18(4)15(19)9-5-7-14-8-6-10-20-14/h6,8,10-11H,5,7,9H2,1-4H3/t11-/m1/s1. The zero-order valence-electron chi connectivity index (χ0n) is 13.0. The van der Waals surface area contributed by atoms with Crippen LogP contribution in [0.4, 0.5) is 0 Å². The van der Waals surface area contributed by atoms with Gasteiger partial charge in [0, 0.05) is 23.2 Å². The second-order valence-electron chi connectivity index (χ2n) is 5.29. The van der Waals surface area contributed by atoms with E-state index in [1.165, 1.54) is 9.75 Å². The van der Waals surface area contributed by atoms with Crippen LogP contribution < -0.4 is 0 Å². The van der Waals surface area contributed by atoms with E-state index in [9.17, 15) is 4.79 Å². The van der Waals surface area contributed by atoms with Crippen molar-refractivity contribution < 1.29 is 4.79 Å². The molecule has 0 N–H and O–H groups in total. The summed E-state index contributed by atoms with van der Waals surface area (Å²) in [6, 6.07) is 4.23. The highest BCUT2D eigenvalue weighted by Crippen LogP contribution is 2.26. The molecule has 5 heteroatoms. The van der Waals surface area contributed by atoms with Gasteiger partial charge in [-0.25, -0.2) is 4.98 Å². The van der Waals surface area contributed by atoms with Gasteiger partial charge < -0.3 is 4.90 Å². The molecule has 0 saturated carbocycles. The Bertz CT molecular complexity index is 589. The first-order chi connectivity index (χ1) is 9.99. The average Bonchev–Trinajstić information content (AvgIpc) is 3.06. The SMILES string of the molecule is Cc1nc([C@@H](C)N(C)C(=O)CCCc2cccs2)c(C)s1. The van der Waals surface area contributed by atoms with E-state index in [2.05, 4.69) is 36.3 Å². The van der Waals surface area contributed by atoms with Gasteiger partial charge in [0.1, 0.15) is 0 Å². The van der Waals surface area contributed by atoms with Crippen LogP contribution in [0.1, 0.15) is 46.3 Å². The lowest BCUT2D eigenvalue weighted by Gasteiger charge is -2.24. The van der Waals surface area contributed by atoms with Crippen LogP contribution in [0, 0.1) is 13.8 Å². The van der Waals surface area contributed by atoms with Crippen molar-refractivity contribution in [2.24, 2.45) is 0 Å². The Morgan fingerprint density at radius 3 is 2.76 bits per heavy atom. The van der Waals surface area contributed by atoms with E-state index in [1.807, 2.05) is 18.9 Å². The van der Waals surface area contributed by atoms with Crippen molar-refractivity contribution in [3.63, 3.8) is 0 Å². The molecular weight excluding hydrogens is 300 g/mol. The van der Waals surface area contributed by atoms with Gasteiger partial charge in [-0.2, -0.15) is 0 Å². The lowest BCUT2D eigenvalue weighted by Crippen LogP contribution is -2.30. The monoisotopic (exact) mass is 322 g/mol. The minimum atomic E-state index is 0.0455. The highest BCUT2D eigenvalue weighted by molar-refractivity contribution is 7.11. The normalized spacial score (nSPS) is 12.4. The third-order valence-electron chi connectivity index (χ3n) is 3.70. The highest BCUT2D eigenvalue weighted by atomic mass is 32.1. The number of thiazole rings is 1. The van der Waals surface area contributed by atoms with Gasteiger partial charge >= 0.3 is 0 Å². The van der Waals surface area contributed by atoms with Gasteiger partial charge in [-0.05, 0) is 45.1 Å². The first-order valence-electron chi connectivity index (χ1n) is 7.21. The summed E-state index contributed by atoms with van der Waals surface area (Å²) in [4.78, 5) is 21.3. The fraction of sp³-hybridized carbons (Fsp3) is 0.500. The molecule has 0 spiro atoms. The number of amides is 1. The van der Waals surface area contributed by atoms with E-state index >= 15 is 0 Å². The van der Waals surface area contributed by atoms with Gasteiger partial charge in [-0.15, -0.1) is 22.7 Å². The summed E-state index contributed by atoms with van der Waals surface area (Å²) in [5.74, 6) is 0.198. The van der Waals surface area contributed by atoms with Crippen LogP contribution in [0.5, 0.6) is 0 Å². The predicted molar refractivity (Wildman–Crippen MR) is 90.0 cm³/mol. The van der Waals surface area contributed by atoms with E-state index in [1.54, 1.807) is 22.7 Å². The van der Waals surface area contributed by atoms with Gasteiger partial charge in [-0.1, -0.05) is 6.07 Å². The van der Waals surface area contributed by atoms with Crippen LogP contribution >= 0.6 is 22.7 Å². The lowest BCUT2D eigenvalue weighted by atomic mass is 10.1. The van der Waals surface area contributed by atoms with E-state index in [0.717, 1.165) is 23.5 Å². The zero-order valence-corrected chi connectivity index (χ0v) is 14.7. The zero-order chi connectivity index (χ0) is 15.4. The molecule has 0 aliphatic rings. The second-order valence-corrected chi connectivity index (χ2v) is 7.73. The summed E-state index contributed by atoms with van der Waals surface area (Å²) >= 11 is 3.45. The molecule has 114 valence electrons. The molecule has 1 amide bonds. The maximum Gasteiger partial charge on any atom is 0.222 e. The van der Waals surface area contributed by atoms with E-state index in [-0.39, 0.29) is 11.9 Å². The number of thiophene rings is 1. The Hall–Kier alpha value is -1.20.